The molecule has 0 radical (unpaired) electrons. The number of amides is 2. The second kappa shape index (κ2) is 10.3. The quantitative estimate of drug-likeness (QED) is 0.630. The maximum Gasteiger partial charge on any atom is 0.255 e. The highest BCUT2D eigenvalue weighted by Gasteiger charge is 2.35. The van der Waals surface area contributed by atoms with Gasteiger partial charge in [0.15, 0.2) is 12.2 Å². The third-order valence-electron chi connectivity index (χ3n) is 5.83. The van der Waals surface area contributed by atoms with Crippen LogP contribution in [0.2, 0.25) is 0 Å². The number of fused-ring (bicyclic) bond motifs is 1. The molecule has 176 valence electrons. The smallest absolute Gasteiger partial charge is 0.255 e. The van der Waals surface area contributed by atoms with E-state index in [1.807, 2.05) is 48.5 Å². The van der Waals surface area contributed by atoms with Gasteiger partial charge in [0, 0.05) is 13.1 Å². The van der Waals surface area contributed by atoms with Crippen LogP contribution < -0.4 is 5.32 Å². The zero-order valence-electron chi connectivity index (χ0n) is 19.8. The van der Waals surface area contributed by atoms with Crippen LogP contribution in [-0.4, -0.2) is 45.7 Å². The minimum absolute atomic E-state index is 0.0892. The fraction of sp³-hybridized carbons (Fsp3) is 0.407. The molecule has 0 bridgehead atoms. The highest BCUT2D eigenvalue weighted by molar-refractivity contribution is 5.91. The average Bonchev–Trinajstić information content (AvgIpc) is 2.80. The molecule has 6 nitrogen and oxygen atoms in total. The summed E-state index contributed by atoms with van der Waals surface area (Å²) in [5.74, 6) is -1.42. The third kappa shape index (κ3) is 6.53. The van der Waals surface area contributed by atoms with E-state index >= 15 is 0 Å². The standard InChI is InChI=1S/C27H34N2O4/c1-18(20-11-9-19(10-12-20)13-15-27(2,3)4)28-25(32)23(30)24(31)26(33)29-16-14-21-7-5-6-8-22(21)17-29/h5-13,15,18,23-24,30-31H,14,16-17H2,1-4H3,(H,28,32)/b15-13+/t18-,23-,24-/m1/s1. The van der Waals surface area contributed by atoms with Gasteiger partial charge in [0.1, 0.15) is 0 Å². The van der Waals surface area contributed by atoms with Gasteiger partial charge >= 0.3 is 0 Å². The van der Waals surface area contributed by atoms with Gasteiger partial charge in [-0.3, -0.25) is 9.59 Å². The zero-order chi connectivity index (χ0) is 24.2. The number of nitrogens with one attached hydrogen (secondary N) is 1. The number of rotatable bonds is 6. The number of allylic oxidation sites excluding steroid dienone is 1. The van der Waals surface area contributed by atoms with Gasteiger partial charge in [-0.25, -0.2) is 0 Å². The molecule has 2 aromatic rings. The summed E-state index contributed by atoms with van der Waals surface area (Å²) in [7, 11) is 0. The van der Waals surface area contributed by atoms with E-state index in [2.05, 4.69) is 38.2 Å². The monoisotopic (exact) mass is 450 g/mol. The van der Waals surface area contributed by atoms with E-state index in [1.165, 1.54) is 10.5 Å². The van der Waals surface area contributed by atoms with Gasteiger partial charge in [0.25, 0.3) is 11.8 Å². The Hall–Kier alpha value is -2.96. The van der Waals surface area contributed by atoms with Crippen LogP contribution in [0.25, 0.3) is 6.08 Å². The first-order valence-electron chi connectivity index (χ1n) is 11.4. The molecular formula is C27H34N2O4. The minimum Gasteiger partial charge on any atom is -0.380 e. The lowest BCUT2D eigenvalue weighted by atomic mass is 9.95. The molecule has 3 N–H and O–H groups in total. The molecule has 0 saturated heterocycles. The van der Waals surface area contributed by atoms with Crippen molar-refractivity contribution in [2.75, 3.05) is 6.54 Å². The molecular weight excluding hydrogens is 416 g/mol. The number of aliphatic hydroxyl groups is 2. The van der Waals surface area contributed by atoms with Gasteiger partial charge in [-0.15, -0.1) is 0 Å². The fourth-order valence-electron chi connectivity index (χ4n) is 3.77. The van der Waals surface area contributed by atoms with Crippen LogP contribution in [0.3, 0.4) is 0 Å². The maximum atomic E-state index is 12.7. The maximum absolute atomic E-state index is 12.7. The molecule has 0 fully saturated rings. The van der Waals surface area contributed by atoms with Crippen LogP contribution in [-0.2, 0) is 22.6 Å². The van der Waals surface area contributed by atoms with E-state index in [4.69, 9.17) is 0 Å². The first-order valence-corrected chi connectivity index (χ1v) is 11.4. The molecule has 0 spiro atoms. The van der Waals surface area contributed by atoms with E-state index in [0.717, 1.165) is 16.7 Å². The Kier molecular flexibility index (Phi) is 7.72. The molecule has 0 unspecified atom stereocenters. The largest absolute Gasteiger partial charge is 0.380 e. The summed E-state index contributed by atoms with van der Waals surface area (Å²) in [6.07, 6.45) is 1.20. The number of carbonyl (C=O) groups excluding carboxylic acids is 2. The predicted octanol–water partition coefficient (Wildman–Crippen LogP) is 3.23. The summed E-state index contributed by atoms with van der Waals surface area (Å²) in [6, 6.07) is 15.2. The number of benzene rings is 2. The molecule has 0 aliphatic carbocycles. The van der Waals surface area contributed by atoms with Gasteiger partial charge in [0.05, 0.1) is 6.04 Å². The van der Waals surface area contributed by atoms with Crippen LogP contribution >= 0.6 is 0 Å². The summed E-state index contributed by atoms with van der Waals surface area (Å²) in [5.41, 5.74) is 4.18. The summed E-state index contributed by atoms with van der Waals surface area (Å²) < 4.78 is 0. The summed E-state index contributed by atoms with van der Waals surface area (Å²) in [5, 5.41) is 23.4. The molecule has 0 aromatic heterocycles. The predicted molar refractivity (Wildman–Crippen MR) is 129 cm³/mol. The molecule has 1 aliphatic heterocycles. The molecule has 1 aliphatic rings. The topological polar surface area (TPSA) is 89.9 Å². The van der Waals surface area contributed by atoms with Crippen molar-refractivity contribution in [3.05, 3.63) is 76.9 Å². The molecule has 1 heterocycles. The number of hydrogen-bond donors (Lipinski definition) is 3. The molecule has 0 saturated carbocycles. The molecule has 6 heteroatoms. The van der Waals surface area contributed by atoms with Crippen LogP contribution in [0.15, 0.2) is 54.6 Å². The molecule has 2 amide bonds. The van der Waals surface area contributed by atoms with E-state index < -0.39 is 30.1 Å². The minimum atomic E-state index is -1.84. The number of hydrogen-bond acceptors (Lipinski definition) is 4. The van der Waals surface area contributed by atoms with Crippen molar-refractivity contribution in [1.82, 2.24) is 10.2 Å². The second-order valence-corrected chi connectivity index (χ2v) is 9.76. The van der Waals surface area contributed by atoms with Crippen molar-refractivity contribution < 1.29 is 19.8 Å². The average molecular weight is 451 g/mol. The zero-order valence-corrected chi connectivity index (χ0v) is 19.8. The highest BCUT2D eigenvalue weighted by Crippen LogP contribution is 2.21. The summed E-state index contributed by atoms with van der Waals surface area (Å²) in [4.78, 5) is 26.7. The number of nitrogens with zero attached hydrogens (tertiary/aromatic N) is 1. The van der Waals surface area contributed by atoms with Crippen LogP contribution in [0.5, 0.6) is 0 Å². The van der Waals surface area contributed by atoms with Crippen molar-refractivity contribution in [2.45, 2.75) is 58.9 Å². The summed E-state index contributed by atoms with van der Waals surface area (Å²) >= 11 is 0. The number of carbonyl (C=O) groups is 2. The lowest BCUT2D eigenvalue weighted by Crippen LogP contribution is -2.51. The normalized spacial score (nSPS) is 16.7. The Morgan fingerprint density at radius 1 is 1.00 bits per heavy atom. The van der Waals surface area contributed by atoms with Crippen molar-refractivity contribution >= 4 is 17.9 Å². The lowest BCUT2D eigenvalue weighted by molar-refractivity contribution is -0.154. The lowest BCUT2D eigenvalue weighted by Gasteiger charge is -2.31. The Balaban J connectivity index is 1.57. The van der Waals surface area contributed by atoms with Crippen molar-refractivity contribution in [3.8, 4) is 0 Å². The van der Waals surface area contributed by atoms with Gasteiger partial charge in [0.2, 0.25) is 0 Å². The first kappa shape index (κ1) is 24.7. The summed E-state index contributed by atoms with van der Waals surface area (Å²) in [6.45, 7) is 8.97. The highest BCUT2D eigenvalue weighted by atomic mass is 16.3. The molecule has 3 atom stereocenters. The van der Waals surface area contributed by atoms with Gasteiger partial charge in [-0.2, -0.15) is 0 Å². The van der Waals surface area contributed by atoms with Crippen LogP contribution in [0.1, 0.15) is 56.0 Å². The first-order chi connectivity index (χ1) is 15.5. The van der Waals surface area contributed by atoms with Crippen molar-refractivity contribution in [1.29, 1.82) is 0 Å². The molecule has 33 heavy (non-hydrogen) atoms. The van der Waals surface area contributed by atoms with Crippen LogP contribution in [0.4, 0.5) is 0 Å². The van der Waals surface area contributed by atoms with Gasteiger partial charge < -0.3 is 20.4 Å². The van der Waals surface area contributed by atoms with E-state index in [-0.39, 0.29) is 5.41 Å². The SMILES string of the molecule is C[C@@H](NC(=O)[C@H](O)[C@@H](O)C(=O)N1CCc2ccccc2C1)c1ccc(/C=C/C(C)(C)C)cc1. The van der Waals surface area contributed by atoms with Gasteiger partial charge in [-0.05, 0) is 41.0 Å². The number of aliphatic hydroxyl groups excluding tert-OH is 2. The Morgan fingerprint density at radius 3 is 2.27 bits per heavy atom. The fourth-order valence-corrected chi connectivity index (χ4v) is 3.77. The Morgan fingerprint density at radius 2 is 1.64 bits per heavy atom. The van der Waals surface area contributed by atoms with Gasteiger partial charge in [-0.1, -0.05) is 81.5 Å². The molecule has 3 rings (SSSR count). The van der Waals surface area contributed by atoms with E-state index in [9.17, 15) is 19.8 Å². The Bertz CT molecular complexity index is 1010. The second-order valence-electron chi connectivity index (χ2n) is 9.76. The van der Waals surface area contributed by atoms with Crippen LogP contribution in [0, 0.1) is 5.41 Å². The third-order valence-corrected chi connectivity index (χ3v) is 5.83. The van der Waals surface area contributed by atoms with Crippen molar-refractivity contribution in [2.24, 2.45) is 5.41 Å². The van der Waals surface area contributed by atoms with E-state index in [1.54, 1.807) is 6.92 Å². The van der Waals surface area contributed by atoms with E-state index in [0.29, 0.717) is 19.5 Å². The Labute approximate surface area is 195 Å². The van der Waals surface area contributed by atoms with Crippen molar-refractivity contribution in [3.63, 3.8) is 0 Å². The molecule has 2 aromatic carbocycles.